The van der Waals surface area contributed by atoms with Gasteiger partial charge in [-0.05, 0) is 41.1 Å². The second kappa shape index (κ2) is 5.81. The Labute approximate surface area is 101 Å². The van der Waals surface area contributed by atoms with Crippen molar-refractivity contribution in [2.24, 2.45) is 0 Å². The van der Waals surface area contributed by atoms with E-state index in [4.69, 9.17) is 5.11 Å². The van der Waals surface area contributed by atoms with Gasteiger partial charge in [0.2, 0.25) is 0 Å². The Morgan fingerprint density at radius 2 is 2.31 bits per heavy atom. The van der Waals surface area contributed by atoms with Crippen LogP contribution in [0.5, 0.6) is 0 Å². The van der Waals surface area contributed by atoms with Crippen LogP contribution in [0.4, 0.5) is 14.9 Å². The third-order valence-electron chi connectivity index (χ3n) is 1.83. The number of rotatable bonds is 3. The fourth-order valence-electron chi connectivity index (χ4n) is 1.02. The molecule has 88 valence electrons. The van der Waals surface area contributed by atoms with Crippen molar-refractivity contribution < 1.29 is 14.3 Å². The van der Waals surface area contributed by atoms with Gasteiger partial charge in [-0.25, -0.2) is 9.18 Å². The lowest BCUT2D eigenvalue weighted by atomic mass is 10.3. The number of aliphatic hydroxyl groups is 1. The zero-order valence-electron chi connectivity index (χ0n) is 8.63. The van der Waals surface area contributed by atoms with E-state index in [-0.39, 0.29) is 18.5 Å². The summed E-state index contributed by atoms with van der Waals surface area (Å²) < 4.78 is 13.2. The number of amides is 2. The summed E-state index contributed by atoms with van der Waals surface area (Å²) in [6, 6.07) is 3.16. The average molecular weight is 291 g/mol. The Bertz CT molecular complexity index is 387. The average Bonchev–Trinajstić information content (AvgIpc) is 2.22. The zero-order chi connectivity index (χ0) is 12.1. The van der Waals surface area contributed by atoms with Crippen LogP contribution < -0.4 is 10.6 Å². The first kappa shape index (κ1) is 12.9. The first-order valence-electron chi connectivity index (χ1n) is 4.66. The van der Waals surface area contributed by atoms with E-state index in [1.54, 1.807) is 6.92 Å². The molecule has 1 aromatic rings. The number of urea groups is 1. The topological polar surface area (TPSA) is 61.4 Å². The second-order valence-corrected chi connectivity index (χ2v) is 4.16. The molecule has 6 heteroatoms. The normalized spacial score (nSPS) is 12.0. The van der Waals surface area contributed by atoms with E-state index in [1.807, 2.05) is 0 Å². The largest absolute Gasteiger partial charge is 0.394 e. The first-order valence-corrected chi connectivity index (χ1v) is 5.45. The van der Waals surface area contributed by atoms with E-state index in [9.17, 15) is 9.18 Å². The highest BCUT2D eigenvalue weighted by Crippen LogP contribution is 2.22. The Morgan fingerprint density at radius 1 is 1.62 bits per heavy atom. The van der Waals surface area contributed by atoms with E-state index < -0.39 is 6.03 Å². The quantitative estimate of drug-likeness (QED) is 0.798. The monoisotopic (exact) mass is 290 g/mol. The van der Waals surface area contributed by atoms with Gasteiger partial charge in [-0.3, -0.25) is 0 Å². The number of nitrogens with one attached hydrogen (secondary N) is 2. The summed E-state index contributed by atoms with van der Waals surface area (Å²) in [7, 11) is 0. The highest BCUT2D eigenvalue weighted by Gasteiger charge is 2.08. The summed E-state index contributed by atoms with van der Waals surface area (Å²) in [6.07, 6.45) is 0. The molecule has 0 spiro atoms. The number of halogens is 2. The van der Waals surface area contributed by atoms with E-state index in [0.29, 0.717) is 10.2 Å². The maximum atomic E-state index is 12.8. The van der Waals surface area contributed by atoms with Crippen molar-refractivity contribution in [1.29, 1.82) is 0 Å². The molecule has 0 aliphatic rings. The van der Waals surface area contributed by atoms with Crippen molar-refractivity contribution in [1.82, 2.24) is 5.32 Å². The number of carbonyl (C=O) groups is 1. The molecule has 3 N–H and O–H groups in total. The molecule has 1 rings (SSSR count). The number of benzene rings is 1. The molecular weight excluding hydrogens is 279 g/mol. The Balaban J connectivity index is 2.63. The van der Waals surface area contributed by atoms with Crippen molar-refractivity contribution in [3.8, 4) is 0 Å². The second-order valence-electron chi connectivity index (χ2n) is 3.31. The van der Waals surface area contributed by atoms with Gasteiger partial charge in [-0.2, -0.15) is 0 Å². The van der Waals surface area contributed by atoms with Crippen molar-refractivity contribution in [3.05, 3.63) is 28.5 Å². The number of carbonyl (C=O) groups excluding carboxylic acids is 1. The van der Waals surface area contributed by atoms with Crippen LogP contribution in [-0.4, -0.2) is 23.8 Å². The van der Waals surface area contributed by atoms with Crippen LogP contribution in [0.3, 0.4) is 0 Å². The molecule has 0 bridgehead atoms. The molecule has 0 aromatic heterocycles. The maximum absolute atomic E-state index is 12.8. The Kier molecular flexibility index (Phi) is 4.70. The van der Waals surface area contributed by atoms with Gasteiger partial charge in [-0.1, -0.05) is 0 Å². The van der Waals surface area contributed by atoms with Crippen LogP contribution in [-0.2, 0) is 0 Å². The van der Waals surface area contributed by atoms with E-state index in [2.05, 4.69) is 26.6 Å². The lowest BCUT2D eigenvalue weighted by Crippen LogP contribution is -2.38. The lowest BCUT2D eigenvalue weighted by molar-refractivity contribution is 0.229. The lowest BCUT2D eigenvalue weighted by Gasteiger charge is -2.12. The molecule has 0 radical (unpaired) electrons. The molecule has 0 unspecified atom stereocenters. The smallest absolute Gasteiger partial charge is 0.319 e. The van der Waals surface area contributed by atoms with Crippen LogP contribution >= 0.6 is 15.9 Å². The molecule has 0 aliphatic carbocycles. The zero-order valence-corrected chi connectivity index (χ0v) is 10.2. The van der Waals surface area contributed by atoms with Gasteiger partial charge < -0.3 is 15.7 Å². The van der Waals surface area contributed by atoms with E-state index in [0.717, 1.165) is 0 Å². The molecule has 0 saturated carbocycles. The molecular formula is C10H12BrFN2O2. The minimum absolute atomic E-state index is 0.141. The molecule has 0 heterocycles. The fourth-order valence-corrected chi connectivity index (χ4v) is 1.47. The minimum atomic E-state index is -0.450. The van der Waals surface area contributed by atoms with Crippen molar-refractivity contribution in [3.63, 3.8) is 0 Å². The summed E-state index contributed by atoms with van der Waals surface area (Å²) >= 11 is 3.13. The maximum Gasteiger partial charge on any atom is 0.319 e. The minimum Gasteiger partial charge on any atom is -0.394 e. The summed E-state index contributed by atoms with van der Waals surface area (Å²) in [4.78, 5) is 11.4. The standard InChI is InChI=1S/C10H12BrFN2O2/c1-6(5-15)13-10(16)14-9-3-2-7(12)4-8(9)11/h2-4,6,15H,5H2,1H3,(H2,13,14,16)/t6-/m0/s1. The molecule has 16 heavy (non-hydrogen) atoms. The van der Waals surface area contributed by atoms with E-state index >= 15 is 0 Å². The van der Waals surface area contributed by atoms with Gasteiger partial charge in [0.05, 0.1) is 18.3 Å². The molecule has 4 nitrogen and oxygen atoms in total. The highest BCUT2D eigenvalue weighted by molar-refractivity contribution is 9.10. The van der Waals surface area contributed by atoms with Gasteiger partial charge in [0.25, 0.3) is 0 Å². The van der Waals surface area contributed by atoms with E-state index in [1.165, 1.54) is 18.2 Å². The van der Waals surface area contributed by atoms with Gasteiger partial charge in [-0.15, -0.1) is 0 Å². The predicted octanol–water partition coefficient (Wildman–Crippen LogP) is 2.09. The molecule has 1 aromatic carbocycles. The van der Waals surface area contributed by atoms with Gasteiger partial charge in [0.1, 0.15) is 5.82 Å². The summed E-state index contributed by atoms with van der Waals surface area (Å²) in [5.74, 6) is -0.387. The number of hydrogen-bond donors (Lipinski definition) is 3. The van der Waals surface area contributed by atoms with Crippen molar-refractivity contribution >= 4 is 27.6 Å². The molecule has 0 aliphatic heterocycles. The van der Waals surface area contributed by atoms with Crippen molar-refractivity contribution in [2.45, 2.75) is 13.0 Å². The number of hydrogen-bond acceptors (Lipinski definition) is 2. The van der Waals surface area contributed by atoms with Crippen LogP contribution in [0.2, 0.25) is 0 Å². The first-order chi connectivity index (χ1) is 7.52. The van der Waals surface area contributed by atoms with Crippen LogP contribution in [0.1, 0.15) is 6.92 Å². The third kappa shape index (κ3) is 3.79. The fraction of sp³-hybridized carbons (Fsp3) is 0.300. The molecule has 2 amide bonds. The van der Waals surface area contributed by atoms with Gasteiger partial charge in [0, 0.05) is 4.47 Å². The van der Waals surface area contributed by atoms with Crippen LogP contribution in [0.15, 0.2) is 22.7 Å². The van der Waals surface area contributed by atoms with Crippen molar-refractivity contribution in [2.75, 3.05) is 11.9 Å². The SMILES string of the molecule is C[C@@H](CO)NC(=O)Nc1ccc(F)cc1Br. The molecule has 1 atom stereocenters. The van der Waals surface area contributed by atoms with Crippen LogP contribution in [0.25, 0.3) is 0 Å². The number of anilines is 1. The highest BCUT2D eigenvalue weighted by atomic mass is 79.9. The third-order valence-corrected chi connectivity index (χ3v) is 2.49. The Hall–Kier alpha value is -1.14. The summed E-state index contributed by atoms with van der Waals surface area (Å²) in [6.45, 7) is 1.53. The molecule has 0 saturated heterocycles. The summed E-state index contributed by atoms with van der Waals surface area (Å²) in [5.41, 5.74) is 0.462. The number of aliphatic hydroxyl groups excluding tert-OH is 1. The molecule has 0 fully saturated rings. The van der Waals surface area contributed by atoms with Crippen LogP contribution in [0, 0.1) is 5.82 Å². The Morgan fingerprint density at radius 3 is 2.88 bits per heavy atom. The van der Waals surface area contributed by atoms with Gasteiger partial charge in [0.15, 0.2) is 0 Å². The van der Waals surface area contributed by atoms with Gasteiger partial charge >= 0.3 is 6.03 Å². The summed E-state index contributed by atoms with van der Waals surface area (Å²) in [5, 5.41) is 13.8. The predicted molar refractivity (Wildman–Crippen MR) is 62.8 cm³/mol.